The molecule has 0 aliphatic carbocycles. The number of aromatic nitrogens is 3. The van der Waals surface area contributed by atoms with Gasteiger partial charge in [0.1, 0.15) is 11.6 Å². The number of nitrogens with zero attached hydrogens (tertiary/aromatic N) is 3. The van der Waals surface area contributed by atoms with Crippen LogP contribution < -0.4 is 5.73 Å². The number of hydrogen-bond acceptors (Lipinski definition) is 4. The van der Waals surface area contributed by atoms with Gasteiger partial charge in [0.2, 0.25) is 0 Å². The minimum atomic E-state index is 0.332. The van der Waals surface area contributed by atoms with Crippen LogP contribution in [0.25, 0.3) is 0 Å². The first kappa shape index (κ1) is 9.61. The maximum atomic E-state index is 5.54. The highest BCUT2D eigenvalue weighted by Crippen LogP contribution is 2.27. The molecular weight excluding hydrogens is 180 g/mol. The summed E-state index contributed by atoms with van der Waals surface area (Å²) in [6, 6.07) is 0. The van der Waals surface area contributed by atoms with Crippen LogP contribution in [0.4, 0.5) is 0 Å². The molecule has 78 valence electrons. The Bertz CT molecular complexity index is 323. The maximum Gasteiger partial charge on any atom is 0.146 e. The molecule has 0 spiro atoms. The third-order valence-electron chi connectivity index (χ3n) is 2.74. The zero-order valence-corrected chi connectivity index (χ0v) is 8.60. The van der Waals surface area contributed by atoms with E-state index in [-0.39, 0.29) is 0 Å². The Balaban J connectivity index is 2.20. The molecule has 2 atom stereocenters. The van der Waals surface area contributed by atoms with Crippen molar-refractivity contribution in [2.75, 3.05) is 6.61 Å². The molecule has 2 N–H and O–H groups in total. The summed E-state index contributed by atoms with van der Waals surface area (Å²) < 4.78 is 7.48. The Kier molecular flexibility index (Phi) is 2.52. The molecule has 0 aromatic carbocycles. The molecule has 2 unspecified atom stereocenters. The minimum absolute atomic E-state index is 0.332. The molecule has 0 bridgehead atoms. The van der Waals surface area contributed by atoms with Gasteiger partial charge in [0.05, 0.1) is 19.3 Å². The monoisotopic (exact) mass is 196 g/mol. The van der Waals surface area contributed by atoms with E-state index in [1.165, 1.54) is 0 Å². The van der Waals surface area contributed by atoms with Gasteiger partial charge in [0.25, 0.3) is 0 Å². The van der Waals surface area contributed by atoms with Gasteiger partial charge in [0.15, 0.2) is 0 Å². The van der Waals surface area contributed by atoms with E-state index in [0.29, 0.717) is 18.6 Å². The number of rotatable bonds is 2. The van der Waals surface area contributed by atoms with Crippen molar-refractivity contribution < 1.29 is 4.74 Å². The fraction of sp³-hybridized carbons (Fsp3) is 0.778. The highest BCUT2D eigenvalue weighted by atomic mass is 16.5. The zero-order valence-electron chi connectivity index (χ0n) is 8.60. The SMILES string of the molecule is CC1CC(c2nnc(CN)n2C)CO1. The largest absolute Gasteiger partial charge is 0.378 e. The van der Waals surface area contributed by atoms with Crippen LogP contribution in [-0.2, 0) is 18.3 Å². The number of nitrogens with two attached hydrogens (primary N) is 1. The van der Waals surface area contributed by atoms with Crippen molar-refractivity contribution in [3.8, 4) is 0 Å². The first-order valence-electron chi connectivity index (χ1n) is 4.92. The molecule has 14 heavy (non-hydrogen) atoms. The van der Waals surface area contributed by atoms with Crippen LogP contribution in [0.1, 0.15) is 30.9 Å². The third-order valence-corrected chi connectivity index (χ3v) is 2.74. The average Bonchev–Trinajstić information content (AvgIpc) is 2.72. The molecule has 2 rings (SSSR count). The van der Waals surface area contributed by atoms with E-state index in [9.17, 15) is 0 Å². The summed E-state index contributed by atoms with van der Waals surface area (Å²) in [7, 11) is 1.96. The zero-order chi connectivity index (χ0) is 10.1. The highest BCUT2D eigenvalue weighted by Gasteiger charge is 2.27. The predicted molar refractivity (Wildman–Crippen MR) is 51.7 cm³/mol. The average molecular weight is 196 g/mol. The van der Waals surface area contributed by atoms with Gasteiger partial charge >= 0.3 is 0 Å². The standard InChI is InChI=1S/C9H16N4O/c1-6-3-7(5-14-6)9-12-11-8(4-10)13(9)2/h6-7H,3-5,10H2,1-2H3. The van der Waals surface area contributed by atoms with Gasteiger partial charge in [-0.1, -0.05) is 0 Å². The Labute approximate surface area is 83.3 Å². The van der Waals surface area contributed by atoms with Crippen LogP contribution in [0, 0.1) is 0 Å². The lowest BCUT2D eigenvalue weighted by Crippen LogP contribution is -2.10. The molecule has 1 aromatic rings. The predicted octanol–water partition coefficient (Wildman–Crippen LogP) is 0.166. The molecular formula is C9H16N4O. The van der Waals surface area contributed by atoms with Crippen molar-refractivity contribution in [2.24, 2.45) is 12.8 Å². The van der Waals surface area contributed by atoms with Gasteiger partial charge in [-0.25, -0.2) is 0 Å². The van der Waals surface area contributed by atoms with E-state index in [4.69, 9.17) is 10.5 Å². The molecule has 1 aliphatic heterocycles. The molecule has 1 saturated heterocycles. The molecule has 0 radical (unpaired) electrons. The van der Waals surface area contributed by atoms with Crippen molar-refractivity contribution in [3.05, 3.63) is 11.6 Å². The molecule has 1 fully saturated rings. The number of hydrogen-bond donors (Lipinski definition) is 1. The van der Waals surface area contributed by atoms with Crippen molar-refractivity contribution in [1.29, 1.82) is 0 Å². The Morgan fingerprint density at radius 1 is 1.57 bits per heavy atom. The van der Waals surface area contributed by atoms with Crippen LogP contribution in [0.5, 0.6) is 0 Å². The van der Waals surface area contributed by atoms with Crippen molar-refractivity contribution in [2.45, 2.75) is 31.9 Å². The van der Waals surface area contributed by atoms with Crippen molar-refractivity contribution >= 4 is 0 Å². The van der Waals surface area contributed by atoms with E-state index in [0.717, 1.165) is 24.7 Å². The van der Waals surface area contributed by atoms with E-state index in [1.807, 2.05) is 11.6 Å². The molecule has 0 saturated carbocycles. The van der Waals surface area contributed by atoms with E-state index < -0.39 is 0 Å². The van der Waals surface area contributed by atoms with Crippen LogP contribution in [-0.4, -0.2) is 27.5 Å². The summed E-state index contributed by atoms with van der Waals surface area (Å²) in [5, 5.41) is 8.19. The Morgan fingerprint density at radius 3 is 2.86 bits per heavy atom. The van der Waals surface area contributed by atoms with Gasteiger partial charge in [0, 0.05) is 13.0 Å². The lowest BCUT2D eigenvalue weighted by molar-refractivity contribution is 0.123. The van der Waals surface area contributed by atoms with E-state index in [2.05, 4.69) is 17.1 Å². The first-order valence-corrected chi connectivity index (χ1v) is 4.92. The van der Waals surface area contributed by atoms with Crippen LogP contribution in [0.15, 0.2) is 0 Å². The minimum Gasteiger partial charge on any atom is -0.378 e. The quantitative estimate of drug-likeness (QED) is 0.732. The lowest BCUT2D eigenvalue weighted by atomic mass is 10.1. The van der Waals surface area contributed by atoms with E-state index >= 15 is 0 Å². The van der Waals surface area contributed by atoms with Crippen LogP contribution >= 0.6 is 0 Å². The molecule has 5 nitrogen and oxygen atoms in total. The van der Waals surface area contributed by atoms with Crippen molar-refractivity contribution in [3.63, 3.8) is 0 Å². The highest BCUT2D eigenvalue weighted by molar-refractivity contribution is 5.03. The number of ether oxygens (including phenoxy) is 1. The smallest absolute Gasteiger partial charge is 0.146 e. The second-order valence-electron chi connectivity index (χ2n) is 3.81. The van der Waals surface area contributed by atoms with Crippen molar-refractivity contribution in [1.82, 2.24) is 14.8 Å². The summed E-state index contributed by atoms with van der Waals surface area (Å²) in [6.45, 7) is 3.27. The van der Waals surface area contributed by atoms with Gasteiger partial charge in [-0.15, -0.1) is 10.2 Å². The summed E-state index contributed by atoms with van der Waals surface area (Å²) >= 11 is 0. The summed E-state index contributed by atoms with van der Waals surface area (Å²) in [4.78, 5) is 0. The molecule has 1 aromatic heterocycles. The second-order valence-corrected chi connectivity index (χ2v) is 3.81. The summed E-state index contributed by atoms with van der Waals surface area (Å²) in [5.74, 6) is 2.21. The molecule has 2 heterocycles. The van der Waals surface area contributed by atoms with Gasteiger partial charge < -0.3 is 15.0 Å². The normalized spacial score (nSPS) is 27.1. The van der Waals surface area contributed by atoms with Crippen LogP contribution in [0.2, 0.25) is 0 Å². The van der Waals surface area contributed by atoms with Gasteiger partial charge in [-0.2, -0.15) is 0 Å². The van der Waals surface area contributed by atoms with E-state index in [1.54, 1.807) is 0 Å². The third kappa shape index (κ3) is 1.53. The molecule has 0 amide bonds. The summed E-state index contributed by atoms with van der Waals surface area (Å²) in [6.07, 6.45) is 1.36. The van der Waals surface area contributed by atoms with Gasteiger partial charge in [-0.05, 0) is 13.3 Å². The molecule has 1 aliphatic rings. The van der Waals surface area contributed by atoms with Gasteiger partial charge in [-0.3, -0.25) is 0 Å². The fourth-order valence-corrected chi connectivity index (χ4v) is 1.91. The fourth-order valence-electron chi connectivity index (χ4n) is 1.91. The summed E-state index contributed by atoms with van der Waals surface area (Å²) in [5.41, 5.74) is 5.54. The second kappa shape index (κ2) is 3.67. The Hall–Kier alpha value is -0.940. The topological polar surface area (TPSA) is 66.0 Å². The van der Waals surface area contributed by atoms with Crippen LogP contribution in [0.3, 0.4) is 0 Å². The lowest BCUT2D eigenvalue weighted by Gasteiger charge is -2.07. The molecule has 5 heteroatoms. The first-order chi connectivity index (χ1) is 6.72. The Morgan fingerprint density at radius 2 is 2.36 bits per heavy atom. The maximum absolute atomic E-state index is 5.54.